The lowest BCUT2D eigenvalue weighted by Gasteiger charge is -2.51. The van der Waals surface area contributed by atoms with E-state index in [-0.39, 0.29) is 5.41 Å². The van der Waals surface area contributed by atoms with Crippen LogP contribution >= 0.6 is 0 Å². The smallest absolute Gasteiger partial charge is 0.120 e. The van der Waals surface area contributed by atoms with Crippen molar-refractivity contribution in [1.29, 1.82) is 0 Å². The van der Waals surface area contributed by atoms with Gasteiger partial charge in [0.05, 0.1) is 6.04 Å². The number of fused-ring (bicyclic) bond motifs is 5. The number of aromatic nitrogens is 1. The van der Waals surface area contributed by atoms with Crippen molar-refractivity contribution < 1.29 is 4.79 Å². The van der Waals surface area contributed by atoms with Gasteiger partial charge in [0.25, 0.3) is 0 Å². The van der Waals surface area contributed by atoms with Gasteiger partial charge in [-0.3, -0.25) is 4.90 Å². The molecule has 2 aliphatic heterocycles. The molecule has 2 atom stereocenters. The average molecular weight is 296 g/mol. The highest BCUT2D eigenvalue weighted by Crippen LogP contribution is 2.52. The summed E-state index contributed by atoms with van der Waals surface area (Å²) in [6.45, 7) is 4.55. The first kappa shape index (κ1) is 14.0. The number of carbonyl (C=O) groups excluding carboxylic acids is 1. The van der Waals surface area contributed by atoms with Crippen LogP contribution in [-0.4, -0.2) is 29.3 Å². The molecule has 3 heteroatoms. The molecule has 1 aromatic heterocycles. The summed E-state index contributed by atoms with van der Waals surface area (Å²) < 4.78 is 0. The quantitative estimate of drug-likeness (QED) is 0.873. The van der Waals surface area contributed by atoms with E-state index in [0.717, 1.165) is 32.1 Å². The third-order valence-electron chi connectivity index (χ3n) is 6.03. The van der Waals surface area contributed by atoms with Crippen molar-refractivity contribution in [3.05, 3.63) is 35.5 Å². The normalized spacial score (nSPS) is 28.3. The van der Waals surface area contributed by atoms with Gasteiger partial charge >= 0.3 is 0 Å². The van der Waals surface area contributed by atoms with Crippen molar-refractivity contribution >= 4 is 17.2 Å². The molecule has 1 aromatic carbocycles. The van der Waals surface area contributed by atoms with Gasteiger partial charge in [0.2, 0.25) is 0 Å². The van der Waals surface area contributed by atoms with Crippen LogP contribution in [0.1, 0.15) is 49.9 Å². The lowest BCUT2D eigenvalue weighted by molar-refractivity contribution is -0.113. The Morgan fingerprint density at radius 1 is 1.36 bits per heavy atom. The van der Waals surface area contributed by atoms with Crippen molar-refractivity contribution in [2.24, 2.45) is 5.41 Å². The van der Waals surface area contributed by atoms with Gasteiger partial charge in [-0.25, -0.2) is 0 Å². The number of para-hydroxylation sites is 1. The molecule has 0 aliphatic carbocycles. The zero-order chi connectivity index (χ0) is 15.2. The van der Waals surface area contributed by atoms with Gasteiger partial charge in [-0.05, 0) is 49.3 Å². The Labute approximate surface area is 131 Å². The van der Waals surface area contributed by atoms with E-state index >= 15 is 0 Å². The van der Waals surface area contributed by atoms with Crippen molar-refractivity contribution in [3.63, 3.8) is 0 Å². The number of hydrogen-bond acceptors (Lipinski definition) is 2. The zero-order valence-corrected chi connectivity index (χ0v) is 13.3. The minimum absolute atomic E-state index is 0.107. The highest BCUT2D eigenvalue weighted by molar-refractivity contribution is 5.85. The number of piperidine rings is 1. The Kier molecular flexibility index (Phi) is 3.33. The van der Waals surface area contributed by atoms with Crippen LogP contribution in [0.15, 0.2) is 24.3 Å². The van der Waals surface area contributed by atoms with Crippen molar-refractivity contribution in [1.82, 2.24) is 9.88 Å². The summed E-state index contributed by atoms with van der Waals surface area (Å²) in [6, 6.07) is 9.02. The lowest BCUT2D eigenvalue weighted by atomic mass is 9.66. The summed E-state index contributed by atoms with van der Waals surface area (Å²) in [4.78, 5) is 17.7. The van der Waals surface area contributed by atoms with E-state index < -0.39 is 0 Å². The maximum Gasteiger partial charge on any atom is 0.120 e. The molecule has 1 fully saturated rings. The first-order valence-electron chi connectivity index (χ1n) is 8.56. The molecular weight excluding hydrogens is 272 g/mol. The zero-order valence-electron chi connectivity index (χ0n) is 13.3. The number of carbonyl (C=O) groups is 1. The van der Waals surface area contributed by atoms with Crippen LogP contribution in [0.25, 0.3) is 10.9 Å². The summed E-state index contributed by atoms with van der Waals surface area (Å²) in [6.07, 6.45) is 6.40. The van der Waals surface area contributed by atoms with E-state index in [9.17, 15) is 4.79 Å². The molecule has 1 saturated heterocycles. The van der Waals surface area contributed by atoms with Gasteiger partial charge in [0, 0.05) is 29.6 Å². The first-order valence-corrected chi connectivity index (χ1v) is 8.56. The Morgan fingerprint density at radius 2 is 2.23 bits per heavy atom. The van der Waals surface area contributed by atoms with E-state index in [4.69, 9.17) is 0 Å². The summed E-state index contributed by atoms with van der Waals surface area (Å²) in [5.74, 6) is 0. The number of aldehydes is 1. The predicted molar refractivity (Wildman–Crippen MR) is 89.0 cm³/mol. The van der Waals surface area contributed by atoms with Crippen LogP contribution in [0.2, 0.25) is 0 Å². The minimum Gasteiger partial charge on any atom is -0.357 e. The number of hydrogen-bond donors (Lipinski definition) is 1. The molecule has 116 valence electrons. The van der Waals surface area contributed by atoms with Crippen LogP contribution < -0.4 is 0 Å². The molecule has 2 aromatic rings. The molecule has 22 heavy (non-hydrogen) atoms. The van der Waals surface area contributed by atoms with Gasteiger partial charge in [-0.2, -0.15) is 0 Å². The standard InChI is InChI=1S/C19H24N2O/c1-2-19(10-13-22)9-5-11-21-12-8-15-14-6-3-4-7-16(14)20-17(15)18(19)21/h3-4,6-7,13,18,20H,2,5,8-12H2,1H3/t18-,19+/m1/s1. The first-order chi connectivity index (χ1) is 10.8. The summed E-state index contributed by atoms with van der Waals surface area (Å²) in [7, 11) is 0. The lowest BCUT2D eigenvalue weighted by Crippen LogP contribution is -2.49. The molecule has 2 aliphatic rings. The second-order valence-corrected chi connectivity index (χ2v) is 6.94. The molecule has 0 amide bonds. The van der Waals surface area contributed by atoms with E-state index in [0.29, 0.717) is 12.5 Å². The second-order valence-electron chi connectivity index (χ2n) is 6.94. The van der Waals surface area contributed by atoms with Crippen molar-refractivity contribution in [2.45, 2.75) is 45.1 Å². The van der Waals surface area contributed by atoms with Gasteiger partial charge in [0.1, 0.15) is 6.29 Å². The molecule has 4 rings (SSSR count). The third kappa shape index (κ3) is 1.88. The third-order valence-corrected chi connectivity index (χ3v) is 6.03. The number of benzene rings is 1. The largest absolute Gasteiger partial charge is 0.357 e. The van der Waals surface area contributed by atoms with Gasteiger partial charge < -0.3 is 9.78 Å². The van der Waals surface area contributed by atoms with Crippen LogP contribution in [0.5, 0.6) is 0 Å². The van der Waals surface area contributed by atoms with Crippen LogP contribution in [0, 0.1) is 5.41 Å². The van der Waals surface area contributed by atoms with E-state index in [1.165, 1.54) is 35.1 Å². The van der Waals surface area contributed by atoms with Gasteiger partial charge in [-0.15, -0.1) is 0 Å². The fourth-order valence-electron chi connectivity index (χ4n) is 4.89. The van der Waals surface area contributed by atoms with Crippen molar-refractivity contribution in [3.8, 4) is 0 Å². The van der Waals surface area contributed by atoms with Crippen LogP contribution in [-0.2, 0) is 11.2 Å². The number of rotatable bonds is 3. The van der Waals surface area contributed by atoms with Gasteiger partial charge in [0.15, 0.2) is 0 Å². The topological polar surface area (TPSA) is 36.1 Å². The van der Waals surface area contributed by atoms with Gasteiger partial charge in [-0.1, -0.05) is 25.1 Å². The molecule has 0 spiro atoms. The number of nitrogens with one attached hydrogen (secondary N) is 1. The summed E-state index contributed by atoms with van der Waals surface area (Å²) in [5.41, 5.74) is 4.23. The number of aromatic amines is 1. The monoisotopic (exact) mass is 296 g/mol. The van der Waals surface area contributed by atoms with Crippen LogP contribution in [0.4, 0.5) is 0 Å². The minimum atomic E-state index is 0.107. The Morgan fingerprint density at radius 3 is 3.05 bits per heavy atom. The maximum absolute atomic E-state index is 11.4. The number of H-pyrrole nitrogens is 1. The molecule has 3 heterocycles. The number of nitrogens with zero attached hydrogens (tertiary/aromatic N) is 1. The molecule has 0 radical (unpaired) electrons. The molecule has 1 N–H and O–H groups in total. The highest BCUT2D eigenvalue weighted by atomic mass is 16.1. The Hall–Kier alpha value is -1.61. The second kappa shape index (κ2) is 5.24. The molecule has 3 nitrogen and oxygen atoms in total. The molecule has 0 unspecified atom stereocenters. The molecule has 0 saturated carbocycles. The van der Waals surface area contributed by atoms with Crippen LogP contribution in [0.3, 0.4) is 0 Å². The predicted octanol–water partition coefficient (Wildman–Crippen LogP) is 3.85. The fourth-order valence-corrected chi connectivity index (χ4v) is 4.89. The Balaban J connectivity index is 1.89. The highest BCUT2D eigenvalue weighted by Gasteiger charge is 2.47. The summed E-state index contributed by atoms with van der Waals surface area (Å²) >= 11 is 0. The average Bonchev–Trinajstić information content (AvgIpc) is 2.93. The van der Waals surface area contributed by atoms with Crippen molar-refractivity contribution in [2.75, 3.05) is 13.1 Å². The van der Waals surface area contributed by atoms with E-state index in [1.54, 1.807) is 0 Å². The SMILES string of the molecule is CC[C@@]1(CC=O)CCCN2CCc3c([nH]c4ccccc34)[C@@H]21. The van der Waals surface area contributed by atoms with E-state index in [1.807, 2.05) is 0 Å². The molecular formula is C19H24N2O. The maximum atomic E-state index is 11.4. The van der Waals surface area contributed by atoms with E-state index in [2.05, 4.69) is 41.1 Å². The Bertz CT molecular complexity index is 705. The fraction of sp³-hybridized carbons (Fsp3) is 0.526. The summed E-state index contributed by atoms with van der Waals surface area (Å²) in [5, 5.41) is 1.37. The molecule has 0 bridgehead atoms.